The Morgan fingerprint density at radius 3 is 2.79 bits per heavy atom. The normalized spacial score (nSPS) is 24.5. The summed E-state index contributed by atoms with van der Waals surface area (Å²) in [5, 5.41) is 2.52. The highest BCUT2D eigenvalue weighted by atomic mass is 19.4. The van der Waals surface area contributed by atoms with Gasteiger partial charge in [-0.2, -0.15) is 13.2 Å². The molecule has 0 saturated carbocycles. The second-order valence-corrected chi connectivity index (χ2v) is 7.39. The third-order valence-corrected chi connectivity index (χ3v) is 5.35. The van der Waals surface area contributed by atoms with Gasteiger partial charge in [-0.25, -0.2) is 19.4 Å². The summed E-state index contributed by atoms with van der Waals surface area (Å²) in [5.41, 5.74) is 3.70. The lowest BCUT2D eigenvalue weighted by Gasteiger charge is -2.36. The Labute approximate surface area is 185 Å². The molecule has 0 bridgehead atoms. The van der Waals surface area contributed by atoms with Gasteiger partial charge in [0.25, 0.3) is 11.9 Å². The third-order valence-electron chi connectivity index (χ3n) is 5.35. The molecule has 33 heavy (non-hydrogen) atoms. The fraction of sp³-hybridized carbons (Fsp3) is 0.400. The summed E-state index contributed by atoms with van der Waals surface area (Å²) in [7, 11) is 0. The van der Waals surface area contributed by atoms with Gasteiger partial charge in [0, 0.05) is 11.3 Å². The second kappa shape index (κ2) is 8.46. The van der Waals surface area contributed by atoms with Crippen LogP contribution >= 0.6 is 0 Å². The molecule has 3 heterocycles. The van der Waals surface area contributed by atoms with Crippen molar-refractivity contribution in [3.05, 3.63) is 47.7 Å². The van der Waals surface area contributed by atoms with E-state index in [-0.39, 0.29) is 28.8 Å². The van der Waals surface area contributed by atoms with Crippen LogP contribution in [0.15, 0.2) is 35.6 Å². The van der Waals surface area contributed by atoms with Gasteiger partial charge in [0.05, 0.1) is 38.1 Å². The van der Waals surface area contributed by atoms with Crippen molar-refractivity contribution in [1.82, 2.24) is 9.97 Å². The minimum absolute atomic E-state index is 0.0463. The number of fused-ring (bicyclic) bond motifs is 1. The minimum Gasteiger partial charge on any atom is -0.477 e. The van der Waals surface area contributed by atoms with Gasteiger partial charge in [-0.05, 0) is 25.1 Å². The van der Waals surface area contributed by atoms with Crippen LogP contribution in [0.2, 0.25) is 0 Å². The smallest absolute Gasteiger partial charge is 0.415 e. The monoisotopic (exact) mass is 469 g/mol. The van der Waals surface area contributed by atoms with E-state index in [0.717, 1.165) is 6.07 Å². The van der Waals surface area contributed by atoms with E-state index < -0.39 is 48.7 Å². The zero-order valence-corrected chi connectivity index (χ0v) is 17.2. The number of carbonyl (C=O) groups is 1. The van der Waals surface area contributed by atoms with Crippen molar-refractivity contribution in [2.24, 2.45) is 16.6 Å². The zero-order valence-electron chi connectivity index (χ0n) is 17.2. The second-order valence-electron chi connectivity index (χ2n) is 7.39. The number of ether oxygens (including phenoxy) is 3. The number of alkyl halides is 3. The number of amidine groups is 1. The van der Waals surface area contributed by atoms with Crippen LogP contribution in [-0.2, 0) is 15.0 Å². The van der Waals surface area contributed by atoms with Gasteiger partial charge in [0.1, 0.15) is 17.1 Å². The molecule has 9 nitrogen and oxygen atoms in total. The van der Waals surface area contributed by atoms with Crippen molar-refractivity contribution in [3.63, 3.8) is 0 Å². The number of anilines is 1. The molecular formula is C20H19F4N5O4. The van der Waals surface area contributed by atoms with E-state index in [0.29, 0.717) is 6.61 Å². The maximum Gasteiger partial charge on any atom is 0.415 e. The van der Waals surface area contributed by atoms with Crippen LogP contribution in [-0.4, -0.2) is 54.0 Å². The molecule has 3 atom stereocenters. The Bertz CT molecular complexity index is 1080. The number of halogens is 4. The Balaban J connectivity index is 1.65. The molecule has 1 saturated heterocycles. The minimum atomic E-state index is -4.72. The summed E-state index contributed by atoms with van der Waals surface area (Å²) in [5.74, 6) is -2.63. The summed E-state index contributed by atoms with van der Waals surface area (Å²) in [6.07, 6.45) is -4.47. The summed E-state index contributed by atoms with van der Waals surface area (Å²) < 4.78 is 70.5. The Hall–Kier alpha value is -3.48. The summed E-state index contributed by atoms with van der Waals surface area (Å²) in [4.78, 5) is 24.5. The Kier molecular flexibility index (Phi) is 5.82. The lowest BCUT2D eigenvalue weighted by atomic mass is 9.77. The standard InChI is InChI=1S/C20H19F4N5O4/c1-2-31-15-7-26-14(6-27-15)17(30)28-10-3-4-13(21)11(5-10)19-9-33-16(20(22,23)24)12(19)8-32-18(25)29-19/h3-7,12,16H,2,8-9H2,1H3,(H2,25,29)(H,28,30)/t12?,16-,19?/m0/s1. The van der Waals surface area contributed by atoms with Gasteiger partial charge >= 0.3 is 6.18 Å². The van der Waals surface area contributed by atoms with Crippen LogP contribution in [0, 0.1) is 11.7 Å². The summed E-state index contributed by atoms with van der Waals surface area (Å²) in [6, 6.07) is 3.10. The number of rotatable bonds is 5. The van der Waals surface area contributed by atoms with E-state index >= 15 is 0 Å². The van der Waals surface area contributed by atoms with Crippen LogP contribution < -0.4 is 15.8 Å². The number of hydrogen-bond acceptors (Lipinski definition) is 8. The van der Waals surface area contributed by atoms with E-state index in [9.17, 15) is 22.4 Å². The van der Waals surface area contributed by atoms with Crippen LogP contribution in [0.5, 0.6) is 5.88 Å². The molecule has 1 fully saturated rings. The van der Waals surface area contributed by atoms with E-state index in [2.05, 4.69) is 20.3 Å². The van der Waals surface area contributed by atoms with Gasteiger partial charge in [0.15, 0.2) is 6.10 Å². The van der Waals surface area contributed by atoms with E-state index in [1.165, 1.54) is 24.5 Å². The van der Waals surface area contributed by atoms with Crippen LogP contribution in [0.1, 0.15) is 23.0 Å². The number of nitrogens with zero attached hydrogens (tertiary/aromatic N) is 3. The largest absolute Gasteiger partial charge is 0.477 e. The molecule has 1 aromatic heterocycles. The molecule has 2 aliphatic heterocycles. The van der Waals surface area contributed by atoms with Crippen molar-refractivity contribution in [2.45, 2.75) is 24.7 Å². The number of aromatic nitrogens is 2. The van der Waals surface area contributed by atoms with Crippen LogP contribution in [0.4, 0.5) is 23.2 Å². The van der Waals surface area contributed by atoms with E-state index in [4.69, 9.17) is 19.9 Å². The average Bonchev–Trinajstić information content (AvgIpc) is 3.15. The van der Waals surface area contributed by atoms with Crippen molar-refractivity contribution in [1.29, 1.82) is 0 Å². The molecule has 2 aromatic rings. The first-order valence-corrected chi connectivity index (χ1v) is 9.86. The van der Waals surface area contributed by atoms with E-state index in [1.54, 1.807) is 6.92 Å². The molecule has 4 rings (SSSR count). The van der Waals surface area contributed by atoms with Crippen LogP contribution in [0.25, 0.3) is 0 Å². The zero-order chi connectivity index (χ0) is 23.8. The number of aliphatic imine (C=N–C) groups is 1. The van der Waals surface area contributed by atoms with Gasteiger partial charge in [-0.15, -0.1) is 0 Å². The maximum atomic E-state index is 14.9. The molecule has 13 heteroatoms. The molecule has 0 radical (unpaired) electrons. The average molecular weight is 469 g/mol. The number of carbonyl (C=O) groups excluding carboxylic acids is 1. The first-order chi connectivity index (χ1) is 15.6. The SMILES string of the molecule is CCOc1cnc(C(=O)Nc2ccc(F)c(C34CO[C@H](C(F)(F)F)C3COC(N)=N4)c2)cn1. The fourth-order valence-corrected chi connectivity index (χ4v) is 3.88. The predicted molar refractivity (Wildman–Crippen MR) is 106 cm³/mol. The molecular weight excluding hydrogens is 450 g/mol. The lowest BCUT2D eigenvalue weighted by Crippen LogP contribution is -2.48. The number of benzene rings is 1. The first-order valence-electron chi connectivity index (χ1n) is 9.86. The molecule has 0 aliphatic carbocycles. The first kappa shape index (κ1) is 22.7. The molecule has 1 amide bonds. The van der Waals surface area contributed by atoms with Crippen molar-refractivity contribution < 1.29 is 36.6 Å². The lowest BCUT2D eigenvalue weighted by molar-refractivity contribution is -0.219. The summed E-state index contributed by atoms with van der Waals surface area (Å²) in [6.45, 7) is 1.11. The highest BCUT2D eigenvalue weighted by Crippen LogP contribution is 2.50. The molecule has 176 valence electrons. The molecule has 2 aliphatic rings. The number of amides is 1. The molecule has 0 spiro atoms. The van der Waals surface area contributed by atoms with Gasteiger partial charge in [0.2, 0.25) is 5.88 Å². The van der Waals surface area contributed by atoms with Crippen molar-refractivity contribution in [2.75, 3.05) is 25.1 Å². The van der Waals surface area contributed by atoms with Crippen molar-refractivity contribution >= 4 is 17.6 Å². The topological polar surface area (TPSA) is 121 Å². The number of nitrogens with one attached hydrogen (secondary N) is 1. The third kappa shape index (κ3) is 4.27. The molecule has 3 N–H and O–H groups in total. The molecule has 1 aromatic carbocycles. The van der Waals surface area contributed by atoms with Gasteiger partial charge in [-0.3, -0.25) is 4.79 Å². The van der Waals surface area contributed by atoms with Crippen molar-refractivity contribution in [3.8, 4) is 5.88 Å². The predicted octanol–water partition coefficient (Wildman–Crippen LogP) is 2.38. The van der Waals surface area contributed by atoms with Crippen LogP contribution in [0.3, 0.4) is 0 Å². The quantitative estimate of drug-likeness (QED) is 0.645. The highest BCUT2D eigenvalue weighted by Gasteiger charge is 2.62. The van der Waals surface area contributed by atoms with Gasteiger partial charge in [-0.1, -0.05) is 0 Å². The molecule has 2 unspecified atom stereocenters. The Morgan fingerprint density at radius 2 is 2.12 bits per heavy atom. The summed E-state index contributed by atoms with van der Waals surface area (Å²) >= 11 is 0. The maximum absolute atomic E-state index is 14.9. The fourth-order valence-electron chi connectivity index (χ4n) is 3.88. The number of nitrogens with two attached hydrogens (primary N) is 1. The Morgan fingerprint density at radius 1 is 1.33 bits per heavy atom. The van der Waals surface area contributed by atoms with E-state index in [1.807, 2.05) is 0 Å². The number of hydrogen-bond donors (Lipinski definition) is 2. The highest BCUT2D eigenvalue weighted by molar-refractivity contribution is 6.02. The van der Waals surface area contributed by atoms with Gasteiger partial charge < -0.3 is 25.3 Å².